The molecule has 154 valence electrons. The van der Waals surface area contributed by atoms with Gasteiger partial charge in [-0.15, -0.1) is 0 Å². The second-order valence-electron chi connectivity index (χ2n) is 6.86. The fourth-order valence-corrected chi connectivity index (χ4v) is 2.73. The van der Waals surface area contributed by atoms with Gasteiger partial charge in [0, 0.05) is 13.1 Å². The second-order valence-corrected chi connectivity index (χ2v) is 6.86. The molecule has 0 N–H and O–H groups in total. The number of nitrogens with zero attached hydrogens (tertiary/aromatic N) is 1. The molecule has 1 aromatic carbocycles. The highest BCUT2D eigenvalue weighted by Gasteiger charge is 2.27. The molecule has 0 aromatic heterocycles. The van der Waals surface area contributed by atoms with E-state index in [0.717, 1.165) is 12.8 Å². The van der Waals surface area contributed by atoms with Crippen LogP contribution in [-0.4, -0.2) is 42.8 Å². The fraction of sp³-hybridized carbons (Fsp3) is 0.636. The quantitative estimate of drug-likeness (QED) is 0.624. The minimum absolute atomic E-state index is 0.239. The van der Waals surface area contributed by atoms with Crippen molar-refractivity contribution in [3.05, 3.63) is 35.4 Å². The number of ether oxygens (including phenoxy) is 2. The lowest BCUT2D eigenvalue weighted by molar-refractivity contribution is 0.0204. The van der Waals surface area contributed by atoms with Gasteiger partial charge >= 0.3 is 12.1 Å². The Labute approximate surface area is 165 Å². The molecule has 0 bridgehead atoms. The Balaban J connectivity index is 0.00000158. The Hall–Kier alpha value is -2.04. The maximum Gasteiger partial charge on any atom is 0.410 e. The van der Waals surface area contributed by atoms with E-state index in [1.165, 1.54) is 12.7 Å². The molecular weight excluding hydrogens is 342 g/mol. The molecule has 0 atom stereocenters. The van der Waals surface area contributed by atoms with Gasteiger partial charge in [0.25, 0.3) is 0 Å². The van der Waals surface area contributed by atoms with Gasteiger partial charge in [-0.25, -0.2) is 9.59 Å². The van der Waals surface area contributed by atoms with Crippen molar-refractivity contribution in [2.24, 2.45) is 0 Å². The third-order valence-corrected chi connectivity index (χ3v) is 3.95. The maximum absolute atomic E-state index is 12.1. The first-order valence-electron chi connectivity index (χ1n) is 9.96. The lowest BCUT2D eigenvalue weighted by Crippen LogP contribution is -2.41. The monoisotopic (exact) mass is 379 g/mol. The summed E-state index contributed by atoms with van der Waals surface area (Å²) in [4.78, 5) is 25.3. The number of carbonyl (C=O) groups is 2. The molecule has 1 amide bonds. The van der Waals surface area contributed by atoms with E-state index in [-0.39, 0.29) is 12.1 Å². The van der Waals surface area contributed by atoms with Gasteiger partial charge in [0.1, 0.15) is 5.60 Å². The summed E-state index contributed by atoms with van der Waals surface area (Å²) in [6.07, 6.45) is 1.56. The molecule has 1 fully saturated rings. The standard InChI is InChI=1S/C18H25NO4.2C2H6/c1-18(2,3)23-17(21)19-11-9-14(10-12-19)13-5-7-15(8-6-13)16(20)22-4;2*1-2/h5-8,14H,9-12H2,1-4H3;2*1-2H3. The normalized spacial score (nSPS) is 14.1. The summed E-state index contributed by atoms with van der Waals surface area (Å²) in [5.41, 5.74) is 1.29. The van der Waals surface area contributed by atoms with Gasteiger partial charge in [0.05, 0.1) is 12.7 Å². The summed E-state index contributed by atoms with van der Waals surface area (Å²) < 4.78 is 10.1. The average molecular weight is 380 g/mol. The van der Waals surface area contributed by atoms with E-state index in [9.17, 15) is 9.59 Å². The van der Waals surface area contributed by atoms with Crippen LogP contribution < -0.4 is 0 Å². The number of carbonyl (C=O) groups excluding carboxylic acids is 2. The first kappa shape index (κ1) is 25.0. The minimum Gasteiger partial charge on any atom is -0.465 e. The molecule has 1 aliphatic rings. The average Bonchev–Trinajstić information content (AvgIpc) is 2.69. The third kappa shape index (κ3) is 8.46. The van der Waals surface area contributed by atoms with Crippen LogP contribution in [0.15, 0.2) is 24.3 Å². The van der Waals surface area contributed by atoms with Gasteiger partial charge < -0.3 is 14.4 Å². The van der Waals surface area contributed by atoms with E-state index < -0.39 is 5.60 Å². The van der Waals surface area contributed by atoms with Crippen LogP contribution in [0.1, 0.15) is 83.1 Å². The highest BCUT2D eigenvalue weighted by Crippen LogP contribution is 2.29. The van der Waals surface area contributed by atoms with Gasteiger partial charge in [-0.1, -0.05) is 39.8 Å². The zero-order valence-electron chi connectivity index (χ0n) is 18.3. The van der Waals surface area contributed by atoms with Crippen LogP contribution in [0.2, 0.25) is 0 Å². The highest BCUT2D eigenvalue weighted by atomic mass is 16.6. The Morgan fingerprint density at radius 1 is 0.963 bits per heavy atom. The predicted octanol–water partition coefficient (Wildman–Crippen LogP) is 5.64. The smallest absolute Gasteiger partial charge is 0.410 e. The molecular formula is C22H37NO4. The van der Waals surface area contributed by atoms with Crippen molar-refractivity contribution < 1.29 is 19.1 Å². The van der Waals surface area contributed by atoms with Crippen molar-refractivity contribution in [3.8, 4) is 0 Å². The number of esters is 1. The van der Waals surface area contributed by atoms with Crippen molar-refractivity contribution in [3.63, 3.8) is 0 Å². The van der Waals surface area contributed by atoms with Gasteiger partial charge in [0.15, 0.2) is 0 Å². The summed E-state index contributed by atoms with van der Waals surface area (Å²) in [7, 11) is 1.38. The van der Waals surface area contributed by atoms with Crippen LogP contribution in [-0.2, 0) is 9.47 Å². The Morgan fingerprint density at radius 2 is 1.44 bits per heavy atom. The second kappa shape index (κ2) is 12.4. The summed E-state index contributed by atoms with van der Waals surface area (Å²) >= 11 is 0. The van der Waals surface area contributed by atoms with Gasteiger partial charge in [-0.3, -0.25) is 0 Å². The number of methoxy groups -OCH3 is 1. The number of amides is 1. The lowest BCUT2D eigenvalue weighted by atomic mass is 9.89. The van der Waals surface area contributed by atoms with E-state index in [2.05, 4.69) is 0 Å². The first-order valence-corrected chi connectivity index (χ1v) is 9.96. The van der Waals surface area contributed by atoms with Crippen LogP contribution in [0.5, 0.6) is 0 Å². The molecule has 0 unspecified atom stereocenters. The summed E-state index contributed by atoms with van der Waals surface area (Å²) in [5, 5.41) is 0. The van der Waals surface area contributed by atoms with E-state index in [1.807, 2.05) is 60.6 Å². The molecule has 0 aliphatic carbocycles. The van der Waals surface area contributed by atoms with Crippen LogP contribution in [0.25, 0.3) is 0 Å². The largest absolute Gasteiger partial charge is 0.465 e. The SMILES string of the molecule is CC.CC.COC(=O)c1ccc(C2CCN(C(=O)OC(C)(C)C)CC2)cc1. The van der Waals surface area contributed by atoms with Crippen LogP contribution in [0.3, 0.4) is 0 Å². The van der Waals surface area contributed by atoms with Crippen LogP contribution in [0, 0.1) is 0 Å². The molecule has 1 aromatic rings. The summed E-state index contributed by atoms with van der Waals surface area (Å²) in [5.74, 6) is 0.0803. The molecule has 0 spiro atoms. The number of likely N-dealkylation sites (tertiary alicyclic amines) is 1. The number of benzene rings is 1. The first-order chi connectivity index (χ1) is 12.8. The topological polar surface area (TPSA) is 55.8 Å². The molecule has 2 rings (SSSR count). The van der Waals surface area contributed by atoms with Crippen molar-refractivity contribution in [2.45, 2.75) is 72.8 Å². The van der Waals surface area contributed by atoms with E-state index in [1.54, 1.807) is 17.0 Å². The van der Waals surface area contributed by atoms with Crippen molar-refractivity contribution in [1.82, 2.24) is 4.90 Å². The molecule has 27 heavy (non-hydrogen) atoms. The summed E-state index contributed by atoms with van der Waals surface area (Å²) in [6.45, 7) is 15.0. The number of hydrogen-bond donors (Lipinski definition) is 0. The zero-order valence-corrected chi connectivity index (χ0v) is 18.3. The van der Waals surface area contributed by atoms with Gasteiger partial charge in [-0.2, -0.15) is 0 Å². The molecule has 5 nitrogen and oxygen atoms in total. The molecule has 0 saturated carbocycles. The van der Waals surface area contributed by atoms with Crippen molar-refractivity contribution >= 4 is 12.1 Å². The van der Waals surface area contributed by atoms with Crippen LogP contribution >= 0.6 is 0 Å². The number of hydrogen-bond acceptors (Lipinski definition) is 4. The van der Waals surface area contributed by atoms with Gasteiger partial charge in [0.2, 0.25) is 0 Å². The predicted molar refractivity (Wildman–Crippen MR) is 110 cm³/mol. The number of piperidine rings is 1. The van der Waals surface area contributed by atoms with E-state index in [4.69, 9.17) is 9.47 Å². The summed E-state index contributed by atoms with van der Waals surface area (Å²) in [6, 6.07) is 7.53. The third-order valence-electron chi connectivity index (χ3n) is 3.95. The fourth-order valence-electron chi connectivity index (χ4n) is 2.73. The highest BCUT2D eigenvalue weighted by molar-refractivity contribution is 5.89. The minimum atomic E-state index is -0.461. The Bertz CT molecular complexity index is 553. The zero-order chi connectivity index (χ0) is 21.0. The molecule has 1 aliphatic heterocycles. The lowest BCUT2D eigenvalue weighted by Gasteiger charge is -2.33. The molecule has 5 heteroatoms. The maximum atomic E-state index is 12.1. The number of rotatable bonds is 2. The van der Waals surface area contributed by atoms with Crippen LogP contribution in [0.4, 0.5) is 4.79 Å². The molecule has 1 heterocycles. The van der Waals surface area contributed by atoms with E-state index >= 15 is 0 Å². The van der Waals surface area contributed by atoms with Crippen molar-refractivity contribution in [1.29, 1.82) is 0 Å². The van der Waals surface area contributed by atoms with E-state index in [0.29, 0.717) is 24.6 Å². The Kier molecular flexibility index (Phi) is 11.4. The van der Waals surface area contributed by atoms with Crippen molar-refractivity contribution in [2.75, 3.05) is 20.2 Å². The molecule has 0 radical (unpaired) electrons. The Morgan fingerprint density at radius 3 is 1.85 bits per heavy atom. The van der Waals surface area contributed by atoms with Gasteiger partial charge in [-0.05, 0) is 57.2 Å². The molecule has 1 saturated heterocycles.